The average molecular weight is 508 g/mol. The van der Waals surface area contributed by atoms with Crippen LogP contribution in [0.3, 0.4) is 0 Å². The Morgan fingerprint density at radius 1 is 1.06 bits per heavy atom. The average Bonchev–Trinajstić information content (AvgIpc) is 3.41. The van der Waals surface area contributed by atoms with Crippen LogP contribution in [0.4, 0.5) is 4.39 Å². The summed E-state index contributed by atoms with van der Waals surface area (Å²) in [5.74, 6) is 0.834. The number of hydrogen-bond donors (Lipinski definition) is 1. The van der Waals surface area contributed by atoms with E-state index < -0.39 is 0 Å². The molecule has 2 aliphatic rings. The summed E-state index contributed by atoms with van der Waals surface area (Å²) >= 11 is 1.92. The second-order valence-corrected chi connectivity index (χ2v) is 11.0. The molecule has 0 bridgehead atoms. The molecule has 2 heterocycles. The number of unbranched alkanes of at least 4 members (excludes halogenated alkanes) is 2. The van der Waals surface area contributed by atoms with Crippen LogP contribution in [0, 0.1) is 5.82 Å². The fourth-order valence-electron chi connectivity index (χ4n) is 5.34. The van der Waals surface area contributed by atoms with Crippen LogP contribution in [0.5, 0.6) is 5.75 Å². The molecule has 0 spiro atoms. The molecule has 0 aliphatic carbocycles. The third-order valence-electron chi connectivity index (χ3n) is 7.25. The minimum atomic E-state index is -0.191. The lowest BCUT2D eigenvalue weighted by Gasteiger charge is -2.28. The third kappa shape index (κ3) is 6.29. The van der Waals surface area contributed by atoms with E-state index in [2.05, 4.69) is 36.9 Å². The molecule has 34 heavy (non-hydrogen) atoms. The SMILES string of the molecule is CCCCC1(CCCC)Oc2ccc(C3CCC(CCc4ccc(F)cc4)N3CO)cc2S1.Cl. The van der Waals surface area contributed by atoms with Gasteiger partial charge in [0.1, 0.15) is 11.6 Å². The molecule has 6 heteroatoms. The van der Waals surface area contributed by atoms with E-state index >= 15 is 0 Å². The fourth-order valence-corrected chi connectivity index (χ4v) is 6.77. The number of hydrogen-bond acceptors (Lipinski definition) is 4. The number of aliphatic hydroxyl groups excluding tert-OH is 1. The Morgan fingerprint density at radius 2 is 1.76 bits per heavy atom. The Morgan fingerprint density at radius 3 is 2.41 bits per heavy atom. The van der Waals surface area contributed by atoms with Crippen molar-refractivity contribution in [2.45, 2.75) is 100.0 Å². The highest BCUT2D eigenvalue weighted by molar-refractivity contribution is 8.00. The zero-order chi connectivity index (χ0) is 23.3. The number of benzene rings is 2. The van der Waals surface area contributed by atoms with Crippen LogP contribution in [0.1, 0.15) is 88.8 Å². The van der Waals surface area contributed by atoms with Gasteiger partial charge in [-0.2, -0.15) is 0 Å². The number of fused-ring (bicyclic) bond motifs is 1. The zero-order valence-electron chi connectivity index (χ0n) is 20.5. The van der Waals surface area contributed by atoms with Crippen molar-refractivity contribution in [3.05, 3.63) is 59.4 Å². The van der Waals surface area contributed by atoms with E-state index in [0.29, 0.717) is 6.04 Å². The summed E-state index contributed by atoms with van der Waals surface area (Å²) in [6.07, 6.45) is 10.9. The van der Waals surface area contributed by atoms with Crippen molar-refractivity contribution >= 4 is 24.2 Å². The summed E-state index contributed by atoms with van der Waals surface area (Å²) in [5, 5.41) is 10.2. The number of aryl methyl sites for hydroxylation is 1. The van der Waals surface area contributed by atoms with Crippen molar-refractivity contribution in [2.24, 2.45) is 0 Å². The molecule has 2 aliphatic heterocycles. The van der Waals surface area contributed by atoms with Crippen molar-refractivity contribution in [1.82, 2.24) is 4.90 Å². The number of thioether (sulfide) groups is 1. The number of halogens is 2. The topological polar surface area (TPSA) is 32.7 Å². The van der Waals surface area contributed by atoms with Crippen molar-refractivity contribution in [3.63, 3.8) is 0 Å². The summed E-state index contributed by atoms with van der Waals surface area (Å²) in [4.78, 5) is 3.39. The maximum absolute atomic E-state index is 13.2. The first-order valence-electron chi connectivity index (χ1n) is 12.7. The number of likely N-dealkylation sites (tertiary alicyclic amines) is 1. The summed E-state index contributed by atoms with van der Waals surface area (Å²) in [5.41, 5.74) is 2.43. The van der Waals surface area contributed by atoms with Crippen molar-refractivity contribution in [2.75, 3.05) is 6.73 Å². The van der Waals surface area contributed by atoms with E-state index in [0.717, 1.165) is 49.8 Å². The first-order valence-corrected chi connectivity index (χ1v) is 13.5. The quantitative estimate of drug-likeness (QED) is 0.335. The van der Waals surface area contributed by atoms with E-state index in [9.17, 15) is 9.50 Å². The van der Waals surface area contributed by atoms with Crippen LogP contribution < -0.4 is 4.74 Å². The van der Waals surface area contributed by atoms with Gasteiger partial charge in [-0.25, -0.2) is 4.39 Å². The van der Waals surface area contributed by atoms with Crippen molar-refractivity contribution < 1.29 is 14.2 Å². The standard InChI is InChI=1S/C28H38FNO2S.ClH/c1-3-5-17-28(18-6-4-2)32-26-16-10-22(19-27(26)33-28)25-15-14-24(30(25)20-31)13-9-21-7-11-23(29)12-8-21;/h7-8,10-12,16,19,24-25,31H,3-6,9,13-15,17-18,20H2,1-2H3;1H. The highest BCUT2D eigenvalue weighted by Gasteiger charge is 2.40. The molecule has 1 fully saturated rings. The predicted molar refractivity (Wildman–Crippen MR) is 141 cm³/mol. The Balaban J connectivity index is 0.00000324. The third-order valence-corrected chi connectivity index (χ3v) is 8.65. The predicted octanol–water partition coefficient (Wildman–Crippen LogP) is 7.90. The van der Waals surface area contributed by atoms with Crippen LogP contribution >= 0.6 is 24.2 Å². The molecular weight excluding hydrogens is 469 g/mol. The van der Waals surface area contributed by atoms with E-state index in [1.54, 1.807) is 0 Å². The highest BCUT2D eigenvalue weighted by atomic mass is 35.5. The second kappa shape index (κ2) is 12.6. The van der Waals surface area contributed by atoms with Gasteiger partial charge in [-0.15, -0.1) is 12.4 Å². The molecule has 1 N–H and O–H groups in total. The summed E-state index contributed by atoms with van der Waals surface area (Å²) in [6.45, 7) is 4.55. The van der Waals surface area contributed by atoms with Crippen molar-refractivity contribution in [3.8, 4) is 5.75 Å². The molecule has 3 nitrogen and oxygen atoms in total. The van der Waals surface area contributed by atoms with Gasteiger partial charge in [0.25, 0.3) is 0 Å². The summed E-state index contributed by atoms with van der Waals surface area (Å²) in [7, 11) is 0. The molecule has 2 unspecified atom stereocenters. The Labute approximate surface area is 214 Å². The van der Waals surface area contributed by atoms with Gasteiger partial charge in [-0.05, 0) is 86.8 Å². The first-order chi connectivity index (χ1) is 16.1. The number of nitrogens with zero attached hydrogens (tertiary/aromatic N) is 1. The van der Waals surface area contributed by atoms with Crippen LogP contribution in [0.25, 0.3) is 0 Å². The van der Waals surface area contributed by atoms with Crippen LogP contribution in [0.15, 0.2) is 47.4 Å². The molecule has 0 amide bonds. The molecule has 2 aromatic carbocycles. The number of ether oxygens (including phenoxy) is 1. The maximum Gasteiger partial charge on any atom is 0.159 e. The molecule has 2 atom stereocenters. The van der Waals surface area contributed by atoms with E-state index in [1.165, 1.54) is 48.3 Å². The van der Waals surface area contributed by atoms with E-state index in [-0.39, 0.29) is 35.9 Å². The van der Waals surface area contributed by atoms with E-state index in [1.807, 2.05) is 23.9 Å². The van der Waals surface area contributed by atoms with Gasteiger partial charge in [-0.1, -0.05) is 56.7 Å². The Hall–Kier alpha value is -1.27. The Kier molecular flexibility index (Phi) is 10.1. The van der Waals surface area contributed by atoms with E-state index in [4.69, 9.17) is 4.74 Å². The molecule has 4 rings (SSSR count). The van der Waals surface area contributed by atoms with Gasteiger partial charge in [0.2, 0.25) is 0 Å². The monoisotopic (exact) mass is 507 g/mol. The minimum absolute atomic E-state index is 0. The fraction of sp³-hybridized carbons (Fsp3) is 0.571. The van der Waals surface area contributed by atoms with Gasteiger partial charge in [0, 0.05) is 12.1 Å². The van der Waals surface area contributed by atoms with Gasteiger partial charge < -0.3 is 9.84 Å². The smallest absolute Gasteiger partial charge is 0.159 e. The molecule has 1 saturated heterocycles. The largest absolute Gasteiger partial charge is 0.475 e. The lowest BCUT2D eigenvalue weighted by Crippen LogP contribution is -2.32. The molecule has 188 valence electrons. The first kappa shape index (κ1) is 27.3. The number of rotatable bonds is 11. The van der Waals surface area contributed by atoms with Gasteiger partial charge in [-0.3, -0.25) is 4.90 Å². The molecular formula is C28H39ClFNO2S. The van der Waals surface area contributed by atoms with Crippen LogP contribution in [0.2, 0.25) is 0 Å². The molecule has 0 aromatic heterocycles. The lowest BCUT2D eigenvalue weighted by molar-refractivity contribution is 0.0596. The Bertz CT molecular complexity index is 902. The zero-order valence-corrected chi connectivity index (χ0v) is 22.1. The maximum atomic E-state index is 13.2. The van der Waals surface area contributed by atoms with Gasteiger partial charge >= 0.3 is 0 Å². The van der Waals surface area contributed by atoms with Gasteiger partial charge in [0.15, 0.2) is 4.93 Å². The molecule has 0 saturated carbocycles. The summed E-state index contributed by atoms with van der Waals surface area (Å²) in [6, 6.07) is 14.0. The van der Waals surface area contributed by atoms with Crippen molar-refractivity contribution in [1.29, 1.82) is 0 Å². The second-order valence-electron chi connectivity index (χ2n) is 9.60. The summed E-state index contributed by atoms with van der Waals surface area (Å²) < 4.78 is 19.8. The normalized spacial score (nSPS) is 21.2. The van der Waals surface area contributed by atoms with Gasteiger partial charge in [0.05, 0.1) is 11.6 Å². The number of aliphatic hydroxyl groups is 1. The van der Waals surface area contributed by atoms with Crippen LogP contribution in [-0.2, 0) is 6.42 Å². The lowest BCUT2D eigenvalue weighted by atomic mass is 10.0. The molecule has 2 aromatic rings. The van der Waals surface area contributed by atoms with Crippen LogP contribution in [-0.4, -0.2) is 27.7 Å². The minimum Gasteiger partial charge on any atom is -0.475 e. The highest BCUT2D eigenvalue weighted by Crippen LogP contribution is 2.53. The molecule has 0 radical (unpaired) electrons.